The maximum absolute atomic E-state index is 13.3. The SMILES string of the molecule is O=C(Nc1ccc(CC(NC(=O)C2CSCN2C(=O)OC23CC4CC(CC(C4)C2)C3)C(=O)O)cc1)c1c(Cl)cccc1Cl. The monoisotopic (exact) mass is 645 g/mol. The van der Waals surface area contributed by atoms with E-state index in [9.17, 15) is 24.3 Å². The van der Waals surface area contributed by atoms with E-state index in [4.69, 9.17) is 27.9 Å². The van der Waals surface area contributed by atoms with Crippen LogP contribution in [-0.2, 0) is 20.7 Å². The Morgan fingerprint density at radius 3 is 2.16 bits per heavy atom. The van der Waals surface area contributed by atoms with E-state index >= 15 is 0 Å². The Bertz CT molecular complexity index is 1380. The van der Waals surface area contributed by atoms with Gasteiger partial charge in [0.25, 0.3) is 5.91 Å². The summed E-state index contributed by atoms with van der Waals surface area (Å²) in [6.07, 6.45) is 5.93. The van der Waals surface area contributed by atoms with Gasteiger partial charge in [0.15, 0.2) is 0 Å². The van der Waals surface area contributed by atoms with Gasteiger partial charge in [0.05, 0.1) is 21.5 Å². The molecule has 3 amide bonds. The van der Waals surface area contributed by atoms with Crippen molar-refractivity contribution in [1.29, 1.82) is 0 Å². The van der Waals surface area contributed by atoms with E-state index in [-0.39, 0.29) is 22.0 Å². The molecule has 0 spiro atoms. The molecule has 4 saturated carbocycles. The molecule has 12 heteroatoms. The molecule has 0 radical (unpaired) electrons. The highest BCUT2D eigenvalue weighted by molar-refractivity contribution is 7.99. The summed E-state index contributed by atoms with van der Waals surface area (Å²) in [4.78, 5) is 52.9. The quantitative estimate of drug-likeness (QED) is 0.329. The molecule has 1 heterocycles. The van der Waals surface area contributed by atoms with Crippen molar-refractivity contribution in [2.45, 2.75) is 62.6 Å². The number of amides is 3. The highest BCUT2D eigenvalue weighted by Crippen LogP contribution is 2.57. The summed E-state index contributed by atoms with van der Waals surface area (Å²) >= 11 is 13.7. The molecule has 4 bridgehead atoms. The maximum atomic E-state index is 13.3. The number of nitrogens with one attached hydrogen (secondary N) is 2. The number of carboxylic acid groups (broad SMARTS) is 1. The summed E-state index contributed by atoms with van der Waals surface area (Å²) < 4.78 is 6.18. The largest absolute Gasteiger partial charge is 0.480 e. The van der Waals surface area contributed by atoms with Gasteiger partial charge in [0.1, 0.15) is 17.7 Å². The van der Waals surface area contributed by atoms with Crippen LogP contribution in [-0.4, -0.2) is 63.2 Å². The third kappa shape index (κ3) is 6.47. The first-order valence-corrected chi connectivity index (χ1v) is 16.4. The van der Waals surface area contributed by atoms with Gasteiger partial charge in [-0.25, -0.2) is 9.59 Å². The fraction of sp³-hybridized carbons (Fsp3) is 0.484. The number of halogens is 2. The number of carbonyl (C=O) groups excluding carboxylic acids is 3. The lowest BCUT2D eigenvalue weighted by molar-refractivity contribution is -0.143. The molecule has 3 N–H and O–H groups in total. The number of hydrogen-bond donors (Lipinski definition) is 3. The summed E-state index contributed by atoms with van der Waals surface area (Å²) in [6, 6.07) is 9.39. The molecule has 5 aliphatic rings. The van der Waals surface area contributed by atoms with Crippen LogP contribution < -0.4 is 10.6 Å². The van der Waals surface area contributed by atoms with E-state index in [1.807, 2.05) is 0 Å². The molecular weight excluding hydrogens is 613 g/mol. The van der Waals surface area contributed by atoms with E-state index in [1.165, 1.54) is 35.9 Å². The number of nitrogens with zero attached hydrogens (tertiary/aromatic N) is 1. The minimum absolute atomic E-state index is 0.0171. The van der Waals surface area contributed by atoms with Crippen LogP contribution in [0, 0.1) is 17.8 Å². The van der Waals surface area contributed by atoms with E-state index in [2.05, 4.69) is 10.6 Å². The third-order valence-electron chi connectivity index (χ3n) is 9.16. The molecule has 4 aliphatic carbocycles. The lowest BCUT2D eigenvalue weighted by Crippen LogP contribution is -2.56. The first-order chi connectivity index (χ1) is 20.6. The second-order valence-corrected chi connectivity index (χ2v) is 14.1. The summed E-state index contributed by atoms with van der Waals surface area (Å²) in [5.74, 6) is 0.384. The number of anilines is 1. The summed E-state index contributed by atoms with van der Waals surface area (Å²) in [5, 5.41) is 15.7. The predicted molar refractivity (Wildman–Crippen MR) is 164 cm³/mol. The Labute approximate surface area is 264 Å². The van der Waals surface area contributed by atoms with Crippen LogP contribution in [0.25, 0.3) is 0 Å². The second-order valence-electron chi connectivity index (χ2n) is 12.3. The smallest absolute Gasteiger partial charge is 0.411 e. The zero-order valence-electron chi connectivity index (χ0n) is 23.4. The van der Waals surface area contributed by atoms with Gasteiger partial charge < -0.3 is 20.5 Å². The van der Waals surface area contributed by atoms with Crippen LogP contribution in [0.4, 0.5) is 10.5 Å². The number of carboxylic acids is 1. The van der Waals surface area contributed by atoms with Gasteiger partial charge in [0, 0.05) is 17.9 Å². The van der Waals surface area contributed by atoms with Crippen LogP contribution in [0.3, 0.4) is 0 Å². The first kappa shape index (κ1) is 30.1. The highest BCUT2D eigenvalue weighted by Gasteiger charge is 2.54. The number of benzene rings is 2. The van der Waals surface area contributed by atoms with Crippen molar-refractivity contribution in [1.82, 2.24) is 10.2 Å². The number of hydrogen-bond acceptors (Lipinski definition) is 6. The Balaban J connectivity index is 1.06. The van der Waals surface area contributed by atoms with E-state index < -0.39 is 41.6 Å². The van der Waals surface area contributed by atoms with Crippen LogP contribution in [0.5, 0.6) is 0 Å². The molecular formula is C31H33Cl2N3O6S. The zero-order chi connectivity index (χ0) is 30.3. The van der Waals surface area contributed by atoms with Crippen LogP contribution >= 0.6 is 35.0 Å². The van der Waals surface area contributed by atoms with Gasteiger partial charge in [-0.1, -0.05) is 41.4 Å². The van der Waals surface area contributed by atoms with Gasteiger partial charge in [-0.15, -0.1) is 11.8 Å². The van der Waals surface area contributed by atoms with Crippen molar-refractivity contribution in [3.05, 3.63) is 63.6 Å². The van der Waals surface area contributed by atoms with Crippen molar-refractivity contribution >= 4 is 64.5 Å². The van der Waals surface area contributed by atoms with Crippen LogP contribution in [0.15, 0.2) is 42.5 Å². The van der Waals surface area contributed by atoms with Crippen LogP contribution in [0.2, 0.25) is 10.0 Å². The molecule has 5 fully saturated rings. The molecule has 1 aliphatic heterocycles. The van der Waals surface area contributed by atoms with E-state index in [0.717, 1.165) is 19.3 Å². The van der Waals surface area contributed by atoms with Gasteiger partial charge in [0.2, 0.25) is 5.91 Å². The number of carbonyl (C=O) groups is 4. The topological polar surface area (TPSA) is 125 Å². The van der Waals surface area contributed by atoms with E-state index in [0.29, 0.717) is 40.6 Å². The predicted octanol–water partition coefficient (Wildman–Crippen LogP) is 5.84. The van der Waals surface area contributed by atoms with Crippen molar-refractivity contribution in [2.24, 2.45) is 17.8 Å². The first-order valence-electron chi connectivity index (χ1n) is 14.5. The molecule has 2 unspecified atom stereocenters. The molecule has 43 heavy (non-hydrogen) atoms. The Hall–Kier alpha value is -2.95. The second kappa shape index (κ2) is 12.2. The Morgan fingerprint density at radius 2 is 1.58 bits per heavy atom. The molecule has 1 saturated heterocycles. The molecule has 228 valence electrons. The van der Waals surface area contributed by atoms with Crippen molar-refractivity contribution in [3.63, 3.8) is 0 Å². The van der Waals surface area contributed by atoms with E-state index in [1.54, 1.807) is 42.5 Å². The normalized spacial score (nSPS) is 27.9. The summed E-state index contributed by atoms with van der Waals surface area (Å²) in [7, 11) is 0. The number of rotatable bonds is 8. The Morgan fingerprint density at radius 1 is 0.977 bits per heavy atom. The molecule has 2 aromatic carbocycles. The van der Waals surface area contributed by atoms with Crippen molar-refractivity contribution in [2.75, 3.05) is 16.9 Å². The van der Waals surface area contributed by atoms with Crippen LogP contribution in [0.1, 0.15) is 54.4 Å². The maximum Gasteiger partial charge on any atom is 0.411 e. The summed E-state index contributed by atoms with van der Waals surface area (Å²) in [6.45, 7) is 0. The third-order valence-corrected chi connectivity index (χ3v) is 10.8. The number of aliphatic carboxylic acids is 1. The standard InChI is InChI=1S/C31H33Cl2N3O6S/c32-22-2-1-3-23(33)26(22)28(38)34-21-6-4-17(5-7-21)11-24(29(39)40)35-27(37)25-15-43-16-36(25)30(41)42-31-12-18-8-19(13-31)10-20(9-18)14-31/h1-7,18-20,24-25H,8-16H2,(H,34,38)(H,35,37)(H,39,40). The lowest BCUT2D eigenvalue weighted by atomic mass is 9.54. The van der Waals surface area contributed by atoms with Crippen molar-refractivity contribution in [3.8, 4) is 0 Å². The molecule has 7 rings (SSSR count). The molecule has 2 atom stereocenters. The average molecular weight is 647 g/mol. The lowest BCUT2D eigenvalue weighted by Gasteiger charge is -2.55. The van der Waals surface area contributed by atoms with Gasteiger partial charge in [-0.05, 0) is 86.1 Å². The summed E-state index contributed by atoms with van der Waals surface area (Å²) in [5.41, 5.74) is 0.844. The fourth-order valence-electron chi connectivity index (χ4n) is 7.58. The molecule has 0 aromatic heterocycles. The molecule has 9 nitrogen and oxygen atoms in total. The minimum Gasteiger partial charge on any atom is -0.480 e. The highest BCUT2D eigenvalue weighted by atomic mass is 35.5. The van der Waals surface area contributed by atoms with Gasteiger partial charge in [-0.3, -0.25) is 14.5 Å². The number of ether oxygens (including phenoxy) is 1. The number of thioether (sulfide) groups is 1. The zero-order valence-corrected chi connectivity index (χ0v) is 25.7. The fourth-order valence-corrected chi connectivity index (χ4v) is 9.29. The van der Waals surface area contributed by atoms with Crippen molar-refractivity contribution < 1.29 is 29.0 Å². The molecule has 2 aromatic rings. The van der Waals surface area contributed by atoms with Gasteiger partial charge >= 0.3 is 12.1 Å². The Kier molecular flexibility index (Phi) is 8.54. The van der Waals surface area contributed by atoms with Gasteiger partial charge in [-0.2, -0.15) is 0 Å². The average Bonchev–Trinajstić information content (AvgIpc) is 3.43. The minimum atomic E-state index is -1.21.